The molecule has 2 atom stereocenters. The first kappa shape index (κ1) is 26.7. The Bertz CT molecular complexity index is 764. The smallest absolute Gasteiger partial charge is 0.230 e. The molecule has 8 nitrogen and oxygen atoms in total. The molecule has 0 aromatic carbocycles. The molecule has 2 unspecified atom stereocenters. The van der Waals surface area contributed by atoms with E-state index in [1.807, 2.05) is 18.7 Å². The molecule has 1 aromatic rings. The molecule has 32 heavy (non-hydrogen) atoms. The highest BCUT2D eigenvalue weighted by Gasteiger charge is 2.26. The molecule has 1 aliphatic heterocycles. The number of thioether (sulfide) groups is 1. The summed E-state index contributed by atoms with van der Waals surface area (Å²) in [6.45, 7) is 15.2. The molecule has 1 fully saturated rings. The van der Waals surface area contributed by atoms with Crippen LogP contribution in [0.15, 0.2) is 11.2 Å². The summed E-state index contributed by atoms with van der Waals surface area (Å²) < 4.78 is 0. The van der Waals surface area contributed by atoms with Gasteiger partial charge in [0.15, 0.2) is 5.16 Å². The summed E-state index contributed by atoms with van der Waals surface area (Å²) >= 11 is 7.52. The number of hydrogen-bond acceptors (Lipinski definition) is 7. The maximum atomic E-state index is 12.4. The second-order valence-electron chi connectivity index (χ2n) is 8.27. The Labute approximate surface area is 201 Å². The summed E-state index contributed by atoms with van der Waals surface area (Å²) in [4.78, 5) is 39.3. The van der Waals surface area contributed by atoms with Gasteiger partial charge in [0.25, 0.3) is 0 Å². The van der Waals surface area contributed by atoms with E-state index >= 15 is 0 Å². The van der Waals surface area contributed by atoms with Crippen LogP contribution in [0.25, 0.3) is 0 Å². The SMILES string of the molecule is CCN(CC)CCCC(C)NC(=O)CSc1nc(Cl)cc(N2CCN(C(C)=O)C(C)C2)n1. The Kier molecular flexibility index (Phi) is 11.0. The Morgan fingerprint density at radius 1 is 1.31 bits per heavy atom. The van der Waals surface area contributed by atoms with Crippen LogP contribution >= 0.6 is 23.4 Å². The maximum Gasteiger partial charge on any atom is 0.230 e. The fourth-order valence-electron chi connectivity index (χ4n) is 3.93. The maximum absolute atomic E-state index is 12.4. The molecule has 0 saturated carbocycles. The van der Waals surface area contributed by atoms with Crippen molar-refractivity contribution < 1.29 is 9.59 Å². The summed E-state index contributed by atoms with van der Waals surface area (Å²) in [5, 5.41) is 3.89. The highest BCUT2D eigenvalue weighted by Crippen LogP contribution is 2.24. The average molecular weight is 485 g/mol. The molecule has 1 aromatic heterocycles. The number of nitrogens with zero attached hydrogens (tertiary/aromatic N) is 5. The van der Waals surface area contributed by atoms with Gasteiger partial charge in [-0.25, -0.2) is 9.97 Å². The fraction of sp³-hybridized carbons (Fsp3) is 0.727. The lowest BCUT2D eigenvalue weighted by Gasteiger charge is -2.40. The summed E-state index contributed by atoms with van der Waals surface area (Å²) in [7, 11) is 0. The normalized spacial score (nSPS) is 17.5. The summed E-state index contributed by atoms with van der Waals surface area (Å²) in [6.07, 6.45) is 2.02. The molecule has 0 bridgehead atoms. The van der Waals surface area contributed by atoms with Gasteiger partial charge in [-0.1, -0.05) is 37.2 Å². The minimum absolute atomic E-state index is 0.0286. The number of nitrogens with one attached hydrogen (secondary N) is 1. The number of anilines is 1. The van der Waals surface area contributed by atoms with E-state index < -0.39 is 0 Å². The van der Waals surface area contributed by atoms with Gasteiger partial charge >= 0.3 is 0 Å². The third-order valence-electron chi connectivity index (χ3n) is 5.76. The lowest BCUT2D eigenvalue weighted by molar-refractivity contribution is -0.131. The van der Waals surface area contributed by atoms with Crippen LogP contribution in [-0.2, 0) is 9.59 Å². The summed E-state index contributed by atoms with van der Waals surface area (Å²) in [5.41, 5.74) is 0. The van der Waals surface area contributed by atoms with Crippen LogP contribution in [0.3, 0.4) is 0 Å². The predicted molar refractivity (Wildman–Crippen MR) is 131 cm³/mol. The minimum Gasteiger partial charge on any atom is -0.353 e. The second-order valence-corrected chi connectivity index (χ2v) is 9.59. The second kappa shape index (κ2) is 13.2. The third-order valence-corrected chi connectivity index (χ3v) is 6.80. The van der Waals surface area contributed by atoms with E-state index in [1.165, 1.54) is 11.8 Å². The average Bonchev–Trinajstić information content (AvgIpc) is 2.74. The zero-order valence-corrected chi connectivity index (χ0v) is 21.5. The Morgan fingerprint density at radius 2 is 2.03 bits per heavy atom. The van der Waals surface area contributed by atoms with Gasteiger partial charge in [-0.15, -0.1) is 0 Å². The van der Waals surface area contributed by atoms with Crippen molar-refractivity contribution in [1.82, 2.24) is 25.1 Å². The van der Waals surface area contributed by atoms with E-state index in [1.54, 1.807) is 13.0 Å². The first-order chi connectivity index (χ1) is 15.2. The molecule has 0 radical (unpaired) electrons. The minimum atomic E-state index is -0.0286. The van der Waals surface area contributed by atoms with Crippen molar-refractivity contribution in [2.45, 2.75) is 64.7 Å². The van der Waals surface area contributed by atoms with E-state index in [-0.39, 0.29) is 29.7 Å². The topological polar surface area (TPSA) is 81.7 Å². The number of carbonyl (C=O) groups is 2. The van der Waals surface area contributed by atoms with Gasteiger partial charge in [0, 0.05) is 44.7 Å². The molecule has 2 rings (SSSR count). The molecule has 1 aliphatic rings. The standard InChI is InChI=1S/C22H37ClN6O2S/c1-6-27(7-2)10-8-9-16(3)24-21(31)15-32-22-25-19(23)13-20(26-22)28-11-12-29(18(5)30)17(4)14-28/h13,16-17H,6-12,14-15H2,1-5H3,(H,24,31). The van der Waals surface area contributed by atoms with Crippen molar-refractivity contribution >= 4 is 41.0 Å². The van der Waals surface area contributed by atoms with Crippen LogP contribution in [0, 0.1) is 0 Å². The van der Waals surface area contributed by atoms with Crippen LogP contribution in [-0.4, -0.2) is 88.7 Å². The Balaban J connectivity index is 1.84. The molecule has 1 N–H and O–H groups in total. The first-order valence-corrected chi connectivity index (χ1v) is 12.8. The summed E-state index contributed by atoms with van der Waals surface area (Å²) in [6, 6.07) is 1.97. The van der Waals surface area contributed by atoms with Gasteiger partial charge in [-0.2, -0.15) is 0 Å². The quantitative estimate of drug-likeness (QED) is 0.294. The number of hydrogen-bond donors (Lipinski definition) is 1. The fourth-order valence-corrected chi connectivity index (χ4v) is 4.82. The number of amides is 2. The number of piperazine rings is 1. The summed E-state index contributed by atoms with van der Waals surface area (Å²) in [5.74, 6) is 1.03. The predicted octanol–water partition coefficient (Wildman–Crippen LogP) is 2.91. The molecule has 180 valence electrons. The van der Waals surface area contributed by atoms with E-state index in [0.29, 0.717) is 29.9 Å². The van der Waals surface area contributed by atoms with Crippen molar-refractivity contribution in [3.8, 4) is 0 Å². The van der Waals surface area contributed by atoms with Gasteiger partial charge in [0.1, 0.15) is 11.0 Å². The van der Waals surface area contributed by atoms with E-state index in [4.69, 9.17) is 11.6 Å². The van der Waals surface area contributed by atoms with Gasteiger partial charge in [-0.05, 0) is 46.3 Å². The highest BCUT2D eigenvalue weighted by molar-refractivity contribution is 7.99. The van der Waals surface area contributed by atoms with Gasteiger partial charge < -0.3 is 20.0 Å². The van der Waals surface area contributed by atoms with Crippen molar-refractivity contribution in [1.29, 1.82) is 0 Å². The molecule has 2 heterocycles. The van der Waals surface area contributed by atoms with Crippen molar-refractivity contribution in [2.24, 2.45) is 0 Å². The van der Waals surface area contributed by atoms with E-state index in [2.05, 4.69) is 38.9 Å². The van der Waals surface area contributed by atoms with Gasteiger partial charge in [0.05, 0.1) is 5.75 Å². The van der Waals surface area contributed by atoms with Gasteiger partial charge in [-0.3, -0.25) is 9.59 Å². The lowest BCUT2D eigenvalue weighted by atomic mass is 10.2. The number of rotatable bonds is 11. The molecule has 10 heteroatoms. The molecule has 1 saturated heterocycles. The van der Waals surface area contributed by atoms with Gasteiger partial charge in [0.2, 0.25) is 11.8 Å². The van der Waals surface area contributed by atoms with E-state index in [9.17, 15) is 9.59 Å². The molecule has 2 amide bonds. The van der Waals surface area contributed by atoms with Crippen molar-refractivity contribution in [3.63, 3.8) is 0 Å². The molecular weight excluding hydrogens is 448 g/mol. The van der Waals surface area contributed by atoms with Crippen molar-refractivity contribution in [2.75, 3.05) is 49.9 Å². The zero-order valence-electron chi connectivity index (χ0n) is 19.9. The number of carbonyl (C=O) groups excluding carboxylic acids is 2. The zero-order chi connectivity index (χ0) is 23.7. The first-order valence-electron chi connectivity index (χ1n) is 11.4. The van der Waals surface area contributed by atoms with Crippen LogP contribution in [0.2, 0.25) is 5.15 Å². The Hall–Kier alpha value is -1.58. The Morgan fingerprint density at radius 3 is 2.66 bits per heavy atom. The van der Waals surface area contributed by atoms with Crippen molar-refractivity contribution in [3.05, 3.63) is 11.2 Å². The highest BCUT2D eigenvalue weighted by atomic mass is 35.5. The van der Waals surface area contributed by atoms with Crippen LogP contribution in [0.5, 0.6) is 0 Å². The molecular formula is C22H37ClN6O2S. The van der Waals surface area contributed by atoms with Crippen LogP contribution < -0.4 is 10.2 Å². The van der Waals surface area contributed by atoms with Crippen LogP contribution in [0.1, 0.15) is 47.5 Å². The largest absolute Gasteiger partial charge is 0.353 e. The molecule has 0 spiro atoms. The number of halogens is 1. The van der Waals surface area contributed by atoms with E-state index in [0.717, 1.165) is 38.3 Å². The van der Waals surface area contributed by atoms with Crippen LogP contribution in [0.4, 0.5) is 5.82 Å². The third kappa shape index (κ3) is 8.41. The lowest BCUT2D eigenvalue weighted by Crippen LogP contribution is -2.53. The number of aromatic nitrogens is 2. The molecule has 0 aliphatic carbocycles. The monoisotopic (exact) mass is 484 g/mol.